The summed E-state index contributed by atoms with van der Waals surface area (Å²) in [5.41, 5.74) is 6.51. The molecule has 1 aliphatic rings. The number of nitrogens with two attached hydrogens (primary N) is 1. The number of para-hydroxylation sites is 1. The van der Waals surface area contributed by atoms with Crippen LogP contribution in [0.2, 0.25) is 0 Å². The van der Waals surface area contributed by atoms with Gasteiger partial charge in [0.15, 0.2) is 11.6 Å². The molecule has 0 saturated carbocycles. The van der Waals surface area contributed by atoms with E-state index in [0.29, 0.717) is 12.2 Å². The molecule has 2 N–H and O–H groups in total. The fourth-order valence-corrected chi connectivity index (χ4v) is 2.15. The molecule has 0 spiro atoms. The van der Waals surface area contributed by atoms with E-state index in [0.717, 1.165) is 25.9 Å². The van der Waals surface area contributed by atoms with Gasteiger partial charge in [-0.2, -0.15) is 0 Å². The molecular weight excluding hydrogens is 233 g/mol. The molecular formula is C14H20FNO2. The number of ether oxygens (including phenoxy) is 2. The van der Waals surface area contributed by atoms with Gasteiger partial charge in [0.25, 0.3) is 0 Å². The molecule has 3 nitrogen and oxygen atoms in total. The number of rotatable bonds is 4. The minimum absolute atomic E-state index is 0.0688. The van der Waals surface area contributed by atoms with Crippen LogP contribution in [-0.4, -0.2) is 19.3 Å². The van der Waals surface area contributed by atoms with E-state index in [1.165, 1.54) is 6.07 Å². The van der Waals surface area contributed by atoms with Gasteiger partial charge in [-0.3, -0.25) is 0 Å². The monoisotopic (exact) mass is 253 g/mol. The van der Waals surface area contributed by atoms with Crippen LogP contribution < -0.4 is 10.5 Å². The predicted octanol–water partition coefficient (Wildman–Crippen LogP) is 2.79. The average Bonchev–Trinajstić information content (AvgIpc) is 2.38. The maximum atomic E-state index is 13.7. The lowest BCUT2D eigenvalue weighted by atomic mass is 10.1. The molecule has 0 aliphatic carbocycles. The topological polar surface area (TPSA) is 44.5 Å². The van der Waals surface area contributed by atoms with Crippen LogP contribution in [0, 0.1) is 5.82 Å². The van der Waals surface area contributed by atoms with Gasteiger partial charge in [-0.05, 0) is 32.3 Å². The quantitative estimate of drug-likeness (QED) is 0.897. The summed E-state index contributed by atoms with van der Waals surface area (Å²) in [6, 6.07) is 4.59. The summed E-state index contributed by atoms with van der Waals surface area (Å²) in [4.78, 5) is 0. The Hall–Kier alpha value is -1.13. The highest BCUT2D eigenvalue weighted by molar-refractivity contribution is 5.36. The summed E-state index contributed by atoms with van der Waals surface area (Å²) in [5, 5.41) is 0. The van der Waals surface area contributed by atoms with Crippen molar-refractivity contribution in [3.63, 3.8) is 0 Å². The molecule has 0 amide bonds. The van der Waals surface area contributed by atoms with Gasteiger partial charge in [0.05, 0.1) is 6.10 Å². The van der Waals surface area contributed by atoms with Crippen molar-refractivity contribution in [1.29, 1.82) is 0 Å². The zero-order chi connectivity index (χ0) is 13.0. The molecule has 2 atom stereocenters. The second-order valence-electron chi connectivity index (χ2n) is 4.75. The van der Waals surface area contributed by atoms with Gasteiger partial charge in [-0.15, -0.1) is 0 Å². The minimum Gasteiger partial charge on any atom is -0.487 e. The third-order valence-corrected chi connectivity index (χ3v) is 3.18. The lowest BCUT2D eigenvalue weighted by Crippen LogP contribution is -2.26. The summed E-state index contributed by atoms with van der Waals surface area (Å²) >= 11 is 0. The highest BCUT2D eigenvalue weighted by Crippen LogP contribution is 2.27. The maximum Gasteiger partial charge on any atom is 0.165 e. The van der Waals surface area contributed by atoms with Crippen molar-refractivity contribution in [1.82, 2.24) is 0 Å². The van der Waals surface area contributed by atoms with Gasteiger partial charge >= 0.3 is 0 Å². The minimum atomic E-state index is -0.361. The van der Waals surface area contributed by atoms with E-state index in [9.17, 15) is 4.39 Å². The lowest BCUT2D eigenvalue weighted by Gasteiger charge is -2.23. The largest absolute Gasteiger partial charge is 0.487 e. The SMILES string of the molecule is CC(N)c1cccc(F)c1OCC1CCCCO1. The maximum absolute atomic E-state index is 13.7. The Morgan fingerprint density at radius 3 is 3.00 bits per heavy atom. The summed E-state index contributed by atoms with van der Waals surface area (Å²) in [7, 11) is 0. The van der Waals surface area contributed by atoms with E-state index in [1.54, 1.807) is 12.1 Å². The first-order chi connectivity index (χ1) is 8.68. The van der Waals surface area contributed by atoms with Crippen LogP contribution in [0.3, 0.4) is 0 Å². The van der Waals surface area contributed by atoms with Gasteiger partial charge < -0.3 is 15.2 Å². The molecule has 1 aromatic rings. The second-order valence-corrected chi connectivity index (χ2v) is 4.75. The van der Waals surface area contributed by atoms with E-state index >= 15 is 0 Å². The molecule has 1 aliphatic heterocycles. The molecule has 2 unspecified atom stereocenters. The summed E-state index contributed by atoms with van der Waals surface area (Å²) in [5.74, 6) is -0.0951. The molecule has 1 heterocycles. The molecule has 4 heteroatoms. The normalized spacial score (nSPS) is 21.6. The van der Waals surface area contributed by atoms with Crippen molar-refractivity contribution in [2.75, 3.05) is 13.2 Å². The van der Waals surface area contributed by atoms with Crippen LogP contribution in [0.1, 0.15) is 37.8 Å². The Kier molecular flexibility index (Phi) is 4.55. The first-order valence-electron chi connectivity index (χ1n) is 6.47. The van der Waals surface area contributed by atoms with Crippen LogP contribution in [-0.2, 0) is 4.74 Å². The molecule has 100 valence electrons. The van der Waals surface area contributed by atoms with Crippen molar-refractivity contribution in [2.45, 2.75) is 38.3 Å². The highest BCUT2D eigenvalue weighted by atomic mass is 19.1. The molecule has 1 aromatic carbocycles. The van der Waals surface area contributed by atoms with E-state index in [4.69, 9.17) is 15.2 Å². The third-order valence-electron chi connectivity index (χ3n) is 3.18. The second kappa shape index (κ2) is 6.16. The Balaban J connectivity index is 2.03. The molecule has 1 fully saturated rings. The van der Waals surface area contributed by atoms with E-state index in [1.807, 2.05) is 6.92 Å². The summed E-state index contributed by atoms with van der Waals surface area (Å²) in [6.45, 7) is 2.98. The van der Waals surface area contributed by atoms with E-state index in [-0.39, 0.29) is 23.7 Å². The van der Waals surface area contributed by atoms with Gasteiger partial charge in [0, 0.05) is 18.2 Å². The van der Waals surface area contributed by atoms with Gasteiger partial charge in [-0.1, -0.05) is 12.1 Å². The molecule has 0 bridgehead atoms. The first-order valence-corrected chi connectivity index (χ1v) is 6.47. The fraction of sp³-hybridized carbons (Fsp3) is 0.571. The number of hydrogen-bond donors (Lipinski definition) is 1. The van der Waals surface area contributed by atoms with E-state index < -0.39 is 0 Å². The van der Waals surface area contributed by atoms with Crippen LogP contribution in [0.4, 0.5) is 4.39 Å². The van der Waals surface area contributed by atoms with Crippen LogP contribution in [0.5, 0.6) is 5.75 Å². The standard InChI is InChI=1S/C14H20FNO2/c1-10(16)12-6-4-7-13(15)14(12)18-9-11-5-2-3-8-17-11/h4,6-7,10-11H,2-3,5,8-9,16H2,1H3. The third kappa shape index (κ3) is 3.21. The number of benzene rings is 1. The van der Waals surface area contributed by atoms with Gasteiger partial charge in [-0.25, -0.2) is 4.39 Å². The highest BCUT2D eigenvalue weighted by Gasteiger charge is 2.18. The van der Waals surface area contributed by atoms with Crippen LogP contribution in [0.15, 0.2) is 18.2 Å². The van der Waals surface area contributed by atoms with Gasteiger partial charge in [0.1, 0.15) is 6.61 Å². The van der Waals surface area contributed by atoms with Crippen LogP contribution >= 0.6 is 0 Å². The zero-order valence-corrected chi connectivity index (χ0v) is 10.7. The van der Waals surface area contributed by atoms with Crippen molar-refractivity contribution in [2.24, 2.45) is 5.73 Å². The fourth-order valence-electron chi connectivity index (χ4n) is 2.15. The number of hydrogen-bond acceptors (Lipinski definition) is 3. The van der Waals surface area contributed by atoms with Crippen molar-refractivity contribution >= 4 is 0 Å². The van der Waals surface area contributed by atoms with Crippen molar-refractivity contribution < 1.29 is 13.9 Å². The average molecular weight is 253 g/mol. The zero-order valence-electron chi connectivity index (χ0n) is 10.7. The summed E-state index contributed by atoms with van der Waals surface area (Å²) < 4.78 is 24.9. The lowest BCUT2D eigenvalue weighted by molar-refractivity contribution is -0.0119. The number of halogens is 1. The van der Waals surface area contributed by atoms with Gasteiger partial charge in [0.2, 0.25) is 0 Å². The predicted molar refractivity (Wildman–Crippen MR) is 68.1 cm³/mol. The van der Waals surface area contributed by atoms with Crippen LogP contribution in [0.25, 0.3) is 0 Å². The first kappa shape index (κ1) is 13.3. The van der Waals surface area contributed by atoms with E-state index in [2.05, 4.69) is 0 Å². The van der Waals surface area contributed by atoms with Crippen molar-refractivity contribution in [3.8, 4) is 5.75 Å². The Morgan fingerprint density at radius 2 is 2.33 bits per heavy atom. The molecule has 18 heavy (non-hydrogen) atoms. The molecule has 0 aromatic heterocycles. The Morgan fingerprint density at radius 1 is 1.50 bits per heavy atom. The Labute approximate surface area is 107 Å². The molecule has 1 saturated heterocycles. The summed E-state index contributed by atoms with van der Waals surface area (Å²) in [6.07, 6.45) is 3.29. The Bertz CT molecular complexity index is 389. The smallest absolute Gasteiger partial charge is 0.165 e. The molecule has 2 rings (SSSR count). The van der Waals surface area contributed by atoms with Crippen molar-refractivity contribution in [3.05, 3.63) is 29.6 Å². The molecule has 0 radical (unpaired) electrons.